The van der Waals surface area contributed by atoms with Gasteiger partial charge in [0.15, 0.2) is 0 Å². The quantitative estimate of drug-likeness (QED) is 0.878. The average Bonchev–Trinajstić information content (AvgIpc) is 2.80. The van der Waals surface area contributed by atoms with Gasteiger partial charge in [-0.1, -0.05) is 0 Å². The van der Waals surface area contributed by atoms with Crippen LogP contribution in [0.3, 0.4) is 0 Å². The average molecular weight is 241 g/mol. The first kappa shape index (κ1) is 12.5. The normalized spacial score (nSPS) is 21.8. The predicted octanol–water partition coefficient (Wildman–Crippen LogP) is 2.71. The summed E-state index contributed by atoms with van der Waals surface area (Å²) in [5, 5.41) is 3.06. The summed E-state index contributed by atoms with van der Waals surface area (Å²) in [7, 11) is 1.77. The summed E-state index contributed by atoms with van der Waals surface area (Å²) >= 11 is 0. The molecule has 0 amide bonds. The molecule has 2 unspecified atom stereocenters. The smallest absolute Gasteiger partial charge is 0.131 e. The van der Waals surface area contributed by atoms with Gasteiger partial charge in [0.2, 0.25) is 0 Å². The molecule has 0 aliphatic carbocycles. The van der Waals surface area contributed by atoms with E-state index in [1.807, 2.05) is 0 Å². The number of likely N-dealkylation sites (N-methyl/N-ethyl adjacent to an activating group) is 1. The van der Waals surface area contributed by atoms with Crippen molar-refractivity contribution in [2.45, 2.75) is 31.9 Å². The van der Waals surface area contributed by atoms with Gasteiger partial charge in [0.05, 0.1) is 12.1 Å². The minimum Gasteiger partial charge on any atom is -0.376 e. The Balaban J connectivity index is 2.32. The lowest BCUT2D eigenvalue weighted by Gasteiger charge is -2.23. The third kappa shape index (κ3) is 2.48. The van der Waals surface area contributed by atoms with Crippen LogP contribution in [0.5, 0.6) is 0 Å². The Hall–Kier alpha value is -1.00. The molecule has 17 heavy (non-hydrogen) atoms. The van der Waals surface area contributed by atoms with Gasteiger partial charge in [-0.05, 0) is 38.4 Å². The maximum Gasteiger partial charge on any atom is 0.131 e. The molecule has 1 N–H and O–H groups in total. The van der Waals surface area contributed by atoms with Crippen LogP contribution >= 0.6 is 0 Å². The van der Waals surface area contributed by atoms with Crippen LogP contribution in [0.2, 0.25) is 0 Å². The molecule has 0 radical (unpaired) electrons. The number of rotatable bonds is 3. The monoisotopic (exact) mass is 241 g/mol. The van der Waals surface area contributed by atoms with Crippen molar-refractivity contribution in [2.24, 2.45) is 0 Å². The largest absolute Gasteiger partial charge is 0.376 e. The Labute approximate surface area is 100.0 Å². The van der Waals surface area contributed by atoms with Crippen LogP contribution in [0.15, 0.2) is 12.1 Å². The molecule has 4 heteroatoms. The van der Waals surface area contributed by atoms with E-state index in [2.05, 4.69) is 5.32 Å². The van der Waals surface area contributed by atoms with Gasteiger partial charge in [0.1, 0.15) is 11.6 Å². The molecule has 0 saturated carbocycles. The van der Waals surface area contributed by atoms with Crippen LogP contribution in [0.25, 0.3) is 0 Å². The van der Waals surface area contributed by atoms with Crippen molar-refractivity contribution in [3.63, 3.8) is 0 Å². The molecule has 0 bridgehead atoms. The highest BCUT2D eigenvalue weighted by Crippen LogP contribution is 2.29. The highest BCUT2D eigenvalue weighted by molar-refractivity contribution is 5.29. The zero-order chi connectivity index (χ0) is 12.4. The second-order valence-electron chi connectivity index (χ2n) is 4.44. The van der Waals surface area contributed by atoms with E-state index in [0.717, 1.165) is 18.9 Å². The Kier molecular flexibility index (Phi) is 3.74. The Morgan fingerprint density at radius 3 is 2.71 bits per heavy atom. The van der Waals surface area contributed by atoms with Gasteiger partial charge < -0.3 is 10.1 Å². The number of benzene rings is 1. The van der Waals surface area contributed by atoms with Crippen LogP contribution in [-0.2, 0) is 4.74 Å². The highest BCUT2D eigenvalue weighted by Gasteiger charge is 2.28. The van der Waals surface area contributed by atoms with Crippen molar-refractivity contribution >= 4 is 0 Å². The first-order valence-corrected chi connectivity index (χ1v) is 5.88. The fourth-order valence-electron chi connectivity index (χ4n) is 2.33. The maximum atomic E-state index is 13.8. The summed E-state index contributed by atoms with van der Waals surface area (Å²) in [5.74, 6) is -1.02. The van der Waals surface area contributed by atoms with Crippen molar-refractivity contribution in [1.29, 1.82) is 0 Å². The number of hydrogen-bond acceptors (Lipinski definition) is 2. The van der Waals surface area contributed by atoms with E-state index < -0.39 is 11.6 Å². The minimum atomic E-state index is -0.511. The summed E-state index contributed by atoms with van der Waals surface area (Å²) in [6.45, 7) is 2.35. The van der Waals surface area contributed by atoms with Gasteiger partial charge in [-0.25, -0.2) is 8.78 Å². The summed E-state index contributed by atoms with van der Waals surface area (Å²) in [6, 6.07) is 2.30. The second-order valence-corrected chi connectivity index (χ2v) is 4.44. The van der Waals surface area contributed by atoms with E-state index in [-0.39, 0.29) is 12.1 Å². The fraction of sp³-hybridized carbons (Fsp3) is 0.538. The van der Waals surface area contributed by atoms with E-state index >= 15 is 0 Å². The van der Waals surface area contributed by atoms with Crippen molar-refractivity contribution in [3.8, 4) is 0 Å². The van der Waals surface area contributed by atoms with Crippen LogP contribution in [0, 0.1) is 18.6 Å². The molecule has 0 spiro atoms. The van der Waals surface area contributed by atoms with Gasteiger partial charge in [0, 0.05) is 18.2 Å². The molecular formula is C13H17F2NO. The van der Waals surface area contributed by atoms with Crippen molar-refractivity contribution in [3.05, 3.63) is 34.9 Å². The number of ether oxygens (including phenoxy) is 1. The summed E-state index contributed by atoms with van der Waals surface area (Å²) in [4.78, 5) is 0. The molecular weight excluding hydrogens is 224 g/mol. The molecule has 2 nitrogen and oxygen atoms in total. The van der Waals surface area contributed by atoms with Gasteiger partial charge in [-0.3, -0.25) is 0 Å². The summed E-state index contributed by atoms with van der Waals surface area (Å²) < 4.78 is 32.6. The number of aryl methyl sites for hydroxylation is 1. The predicted molar refractivity (Wildman–Crippen MR) is 61.9 cm³/mol. The Morgan fingerprint density at radius 2 is 2.12 bits per heavy atom. The van der Waals surface area contributed by atoms with E-state index in [9.17, 15) is 8.78 Å². The molecule has 1 fully saturated rings. The molecule has 1 aromatic carbocycles. The Morgan fingerprint density at radius 1 is 1.35 bits per heavy atom. The lowest BCUT2D eigenvalue weighted by molar-refractivity contribution is 0.0796. The number of halogens is 2. The molecule has 0 aromatic heterocycles. The molecule has 94 valence electrons. The topological polar surface area (TPSA) is 21.3 Å². The fourth-order valence-corrected chi connectivity index (χ4v) is 2.33. The summed E-state index contributed by atoms with van der Waals surface area (Å²) in [6.07, 6.45) is 1.87. The third-order valence-electron chi connectivity index (χ3n) is 3.26. The van der Waals surface area contributed by atoms with E-state index in [0.29, 0.717) is 17.7 Å². The van der Waals surface area contributed by atoms with Crippen LogP contribution in [0.4, 0.5) is 8.78 Å². The minimum absolute atomic E-state index is 0.0284. The molecule has 1 aromatic rings. The van der Waals surface area contributed by atoms with E-state index in [4.69, 9.17) is 4.74 Å². The molecule has 2 rings (SSSR count). The van der Waals surface area contributed by atoms with Crippen LogP contribution < -0.4 is 5.32 Å². The third-order valence-corrected chi connectivity index (χ3v) is 3.26. The first-order chi connectivity index (χ1) is 8.13. The Bertz CT molecular complexity index is 403. The van der Waals surface area contributed by atoms with Gasteiger partial charge in [-0.15, -0.1) is 0 Å². The standard InChI is InChI=1S/C13H17F2NO/c1-8-6-9(11(15)7-10(8)14)13(16-2)12-4-3-5-17-12/h6-7,12-13,16H,3-5H2,1-2H3. The highest BCUT2D eigenvalue weighted by atomic mass is 19.1. The van der Waals surface area contributed by atoms with E-state index in [1.165, 1.54) is 0 Å². The van der Waals surface area contributed by atoms with Gasteiger partial charge >= 0.3 is 0 Å². The van der Waals surface area contributed by atoms with Crippen molar-refractivity contribution in [2.75, 3.05) is 13.7 Å². The number of nitrogens with one attached hydrogen (secondary N) is 1. The van der Waals surface area contributed by atoms with Crippen molar-refractivity contribution in [1.82, 2.24) is 5.32 Å². The first-order valence-electron chi connectivity index (χ1n) is 5.88. The van der Waals surface area contributed by atoms with Crippen LogP contribution in [0.1, 0.15) is 30.0 Å². The second kappa shape index (κ2) is 5.10. The molecule has 1 aliphatic heterocycles. The van der Waals surface area contributed by atoms with Gasteiger partial charge in [0.25, 0.3) is 0 Å². The van der Waals surface area contributed by atoms with Gasteiger partial charge in [-0.2, -0.15) is 0 Å². The number of hydrogen-bond donors (Lipinski definition) is 1. The van der Waals surface area contributed by atoms with Crippen molar-refractivity contribution < 1.29 is 13.5 Å². The summed E-state index contributed by atoms with van der Waals surface area (Å²) in [5.41, 5.74) is 0.943. The molecule has 1 heterocycles. The maximum absolute atomic E-state index is 13.8. The molecule has 2 atom stereocenters. The SMILES string of the molecule is CNC(c1cc(C)c(F)cc1F)C1CCCO1. The molecule has 1 aliphatic rings. The molecule has 1 saturated heterocycles. The lowest BCUT2D eigenvalue weighted by atomic mass is 9.97. The van der Waals surface area contributed by atoms with Crippen LogP contribution in [-0.4, -0.2) is 19.8 Å². The van der Waals surface area contributed by atoms with E-state index in [1.54, 1.807) is 20.0 Å². The lowest BCUT2D eigenvalue weighted by Crippen LogP contribution is -2.30. The zero-order valence-electron chi connectivity index (χ0n) is 10.1. The zero-order valence-corrected chi connectivity index (χ0v) is 10.1.